The van der Waals surface area contributed by atoms with Crippen molar-refractivity contribution in [3.63, 3.8) is 0 Å². The first-order valence-electron chi connectivity index (χ1n) is 10.3. The number of halogens is 1. The average molecular weight is 417 g/mol. The van der Waals surface area contributed by atoms with E-state index in [1.54, 1.807) is 11.1 Å². The number of hydrogen-bond acceptors (Lipinski definition) is 4. The van der Waals surface area contributed by atoms with Crippen LogP contribution in [0.3, 0.4) is 0 Å². The molecular formula is C24H23ClN5+. The van der Waals surface area contributed by atoms with E-state index in [9.17, 15) is 0 Å². The minimum absolute atomic E-state index is 0.727. The highest BCUT2D eigenvalue weighted by Crippen LogP contribution is 2.27. The smallest absolute Gasteiger partial charge is 0.163 e. The van der Waals surface area contributed by atoms with Crippen LogP contribution in [0.15, 0.2) is 73.1 Å². The van der Waals surface area contributed by atoms with Crippen LogP contribution in [0.2, 0.25) is 5.02 Å². The highest BCUT2D eigenvalue weighted by molar-refractivity contribution is 6.30. The lowest BCUT2D eigenvalue weighted by Gasteiger charge is -2.33. The minimum atomic E-state index is 0.727. The normalized spacial score (nSPS) is 14.9. The molecule has 0 bridgehead atoms. The average Bonchev–Trinajstić information content (AvgIpc) is 2.79. The number of para-hydroxylation sites is 1. The zero-order chi connectivity index (χ0) is 20.3. The summed E-state index contributed by atoms with van der Waals surface area (Å²) in [6.07, 6.45) is 3.59. The monoisotopic (exact) mass is 416 g/mol. The van der Waals surface area contributed by atoms with Gasteiger partial charge in [0.1, 0.15) is 12.4 Å². The summed E-state index contributed by atoms with van der Waals surface area (Å²) in [6.45, 7) is 5.05. The lowest BCUT2D eigenvalue weighted by molar-refractivity contribution is -0.914. The number of nitrogens with zero attached hydrogens (tertiary/aromatic N) is 4. The predicted octanol–water partition coefficient (Wildman–Crippen LogP) is 3.25. The van der Waals surface area contributed by atoms with Crippen molar-refractivity contribution in [2.75, 3.05) is 31.1 Å². The van der Waals surface area contributed by atoms with E-state index in [4.69, 9.17) is 21.6 Å². The van der Waals surface area contributed by atoms with Gasteiger partial charge in [0.25, 0.3) is 0 Å². The second-order valence-corrected chi connectivity index (χ2v) is 8.11. The van der Waals surface area contributed by atoms with Crippen LogP contribution in [0.5, 0.6) is 0 Å². The van der Waals surface area contributed by atoms with Crippen molar-refractivity contribution >= 4 is 28.3 Å². The largest absolute Gasteiger partial charge is 0.345 e. The van der Waals surface area contributed by atoms with Crippen LogP contribution in [-0.4, -0.2) is 41.1 Å². The summed E-state index contributed by atoms with van der Waals surface area (Å²) in [7, 11) is 0. The summed E-state index contributed by atoms with van der Waals surface area (Å²) < 4.78 is 0. The quantitative estimate of drug-likeness (QED) is 0.554. The van der Waals surface area contributed by atoms with Crippen LogP contribution >= 0.6 is 11.6 Å². The molecule has 0 radical (unpaired) electrons. The van der Waals surface area contributed by atoms with Gasteiger partial charge < -0.3 is 9.80 Å². The first kappa shape index (κ1) is 19.0. The molecule has 0 spiro atoms. The Hall–Kier alpha value is -3.02. The highest BCUT2D eigenvalue weighted by atomic mass is 35.5. The molecule has 1 aliphatic rings. The van der Waals surface area contributed by atoms with Gasteiger partial charge in [-0.1, -0.05) is 35.9 Å². The summed E-state index contributed by atoms with van der Waals surface area (Å²) >= 11 is 6.15. The Balaban J connectivity index is 1.40. The summed E-state index contributed by atoms with van der Waals surface area (Å²) in [5, 5.41) is 1.91. The molecule has 5 rings (SSSR count). The second-order valence-electron chi connectivity index (χ2n) is 7.67. The van der Waals surface area contributed by atoms with Crippen molar-refractivity contribution in [2.24, 2.45) is 0 Å². The molecular weight excluding hydrogens is 394 g/mol. The molecule has 0 aliphatic carbocycles. The van der Waals surface area contributed by atoms with Crippen molar-refractivity contribution in [3.05, 3.63) is 83.6 Å². The molecule has 150 valence electrons. The van der Waals surface area contributed by atoms with E-state index in [2.05, 4.69) is 40.2 Å². The first-order chi connectivity index (χ1) is 14.8. The van der Waals surface area contributed by atoms with Crippen LogP contribution in [0, 0.1) is 0 Å². The Bertz CT molecular complexity index is 1160. The molecule has 5 nitrogen and oxygen atoms in total. The van der Waals surface area contributed by atoms with Crippen molar-refractivity contribution in [2.45, 2.75) is 6.54 Å². The Kier molecular flexibility index (Phi) is 5.30. The Labute approximate surface area is 181 Å². The maximum absolute atomic E-state index is 6.15. The number of piperazine rings is 1. The molecule has 0 atom stereocenters. The molecule has 1 aliphatic heterocycles. The highest BCUT2D eigenvalue weighted by Gasteiger charge is 2.23. The predicted molar refractivity (Wildman–Crippen MR) is 121 cm³/mol. The molecule has 2 aromatic carbocycles. The maximum atomic E-state index is 6.15. The second kappa shape index (κ2) is 8.38. The van der Waals surface area contributed by atoms with Crippen LogP contribution < -0.4 is 9.80 Å². The van der Waals surface area contributed by atoms with E-state index < -0.39 is 0 Å². The van der Waals surface area contributed by atoms with Gasteiger partial charge in [-0.2, -0.15) is 0 Å². The van der Waals surface area contributed by atoms with Crippen LogP contribution in [0.4, 0.5) is 5.82 Å². The van der Waals surface area contributed by atoms with E-state index in [1.807, 2.05) is 36.5 Å². The molecule has 4 aromatic rings. The SMILES string of the molecule is Clc1cccc(C[NH+]2CCN(c3nc(-c4cccnc4)nc4ccccc34)CC2)c1. The summed E-state index contributed by atoms with van der Waals surface area (Å²) in [6, 6.07) is 20.4. The number of anilines is 1. The Morgan fingerprint density at radius 3 is 2.60 bits per heavy atom. The standard InChI is InChI=1S/C24H22ClN5/c25-20-7-3-5-18(15-20)17-29-11-13-30(14-12-29)24-21-8-1-2-9-22(21)27-23(28-24)19-6-4-10-26-16-19/h1-10,15-16H,11-14,17H2/p+1. The molecule has 2 aromatic heterocycles. The van der Waals surface area contributed by atoms with E-state index >= 15 is 0 Å². The summed E-state index contributed by atoms with van der Waals surface area (Å²) in [5.74, 6) is 1.74. The Morgan fingerprint density at radius 1 is 0.933 bits per heavy atom. The molecule has 1 saturated heterocycles. The maximum Gasteiger partial charge on any atom is 0.163 e. The van der Waals surface area contributed by atoms with Crippen LogP contribution in [0.1, 0.15) is 5.56 Å². The topological polar surface area (TPSA) is 46.4 Å². The number of hydrogen-bond donors (Lipinski definition) is 1. The van der Waals surface area contributed by atoms with E-state index in [0.29, 0.717) is 0 Å². The van der Waals surface area contributed by atoms with Crippen LogP contribution in [0.25, 0.3) is 22.3 Å². The number of rotatable bonds is 4. The van der Waals surface area contributed by atoms with Crippen molar-refractivity contribution < 1.29 is 4.90 Å². The molecule has 6 heteroatoms. The number of nitrogens with one attached hydrogen (secondary N) is 1. The number of quaternary nitrogens is 1. The molecule has 1 N–H and O–H groups in total. The third kappa shape index (κ3) is 3.99. The van der Waals surface area contributed by atoms with Gasteiger partial charge in [-0.05, 0) is 36.4 Å². The molecule has 0 unspecified atom stereocenters. The van der Waals surface area contributed by atoms with Gasteiger partial charge in [-0.25, -0.2) is 9.97 Å². The van der Waals surface area contributed by atoms with Gasteiger partial charge in [-0.3, -0.25) is 4.98 Å². The summed E-state index contributed by atoms with van der Waals surface area (Å²) in [4.78, 5) is 17.9. The Morgan fingerprint density at radius 2 is 1.80 bits per heavy atom. The fourth-order valence-electron chi connectivity index (χ4n) is 4.07. The number of fused-ring (bicyclic) bond motifs is 1. The zero-order valence-corrected chi connectivity index (χ0v) is 17.4. The van der Waals surface area contributed by atoms with E-state index in [0.717, 1.165) is 65.9 Å². The lowest BCUT2D eigenvalue weighted by atomic mass is 10.1. The van der Waals surface area contributed by atoms with Crippen molar-refractivity contribution in [3.8, 4) is 11.4 Å². The third-order valence-corrected chi connectivity index (χ3v) is 5.85. The van der Waals surface area contributed by atoms with Crippen LogP contribution in [-0.2, 0) is 6.54 Å². The third-order valence-electron chi connectivity index (χ3n) is 5.62. The molecule has 3 heterocycles. The van der Waals surface area contributed by atoms with E-state index in [1.165, 1.54) is 5.56 Å². The molecule has 0 amide bonds. The minimum Gasteiger partial charge on any atom is -0.345 e. The molecule has 30 heavy (non-hydrogen) atoms. The lowest BCUT2D eigenvalue weighted by Crippen LogP contribution is -3.13. The van der Waals surface area contributed by atoms with Gasteiger partial charge in [-0.15, -0.1) is 0 Å². The summed E-state index contributed by atoms with van der Waals surface area (Å²) in [5.41, 5.74) is 3.20. The number of benzene rings is 2. The van der Waals surface area contributed by atoms with Gasteiger partial charge in [0.2, 0.25) is 0 Å². The van der Waals surface area contributed by atoms with Gasteiger partial charge in [0.15, 0.2) is 5.82 Å². The van der Waals surface area contributed by atoms with Gasteiger partial charge >= 0.3 is 0 Å². The number of aromatic nitrogens is 3. The van der Waals surface area contributed by atoms with Crippen molar-refractivity contribution in [1.29, 1.82) is 0 Å². The number of pyridine rings is 1. The zero-order valence-electron chi connectivity index (χ0n) is 16.6. The van der Waals surface area contributed by atoms with Gasteiger partial charge in [0.05, 0.1) is 31.7 Å². The molecule has 0 saturated carbocycles. The van der Waals surface area contributed by atoms with Crippen molar-refractivity contribution in [1.82, 2.24) is 15.0 Å². The molecule has 1 fully saturated rings. The van der Waals surface area contributed by atoms with E-state index in [-0.39, 0.29) is 0 Å². The fourth-order valence-corrected chi connectivity index (χ4v) is 4.29. The van der Waals surface area contributed by atoms with Gasteiger partial charge in [0, 0.05) is 33.9 Å². The first-order valence-corrected chi connectivity index (χ1v) is 10.6. The fraction of sp³-hybridized carbons (Fsp3) is 0.208.